The van der Waals surface area contributed by atoms with Gasteiger partial charge in [-0.25, -0.2) is 4.98 Å². The number of aryl methyl sites for hydroxylation is 3. The fourth-order valence-corrected chi connectivity index (χ4v) is 3.26. The van der Waals surface area contributed by atoms with Crippen LogP contribution in [0.3, 0.4) is 0 Å². The molecule has 5 nitrogen and oxygen atoms in total. The van der Waals surface area contributed by atoms with Gasteiger partial charge in [0.2, 0.25) is 0 Å². The van der Waals surface area contributed by atoms with E-state index in [0.717, 1.165) is 21.7 Å². The number of thiophene rings is 1. The average Bonchev–Trinajstić information content (AvgIpc) is 2.64. The lowest BCUT2D eigenvalue weighted by Crippen LogP contribution is -2.26. The summed E-state index contributed by atoms with van der Waals surface area (Å²) in [6.45, 7) is 6.09. The molecule has 0 aliphatic rings. The van der Waals surface area contributed by atoms with E-state index in [0.29, 0.717) is 17.6 Å². The summed E-state index contributed by atoms with van der Waals surface area (Å²) < 4.78 is 1.53. The molecule has 0 fully saturated rings. The van der Waals surface area contributed by atoms with Crippen LogP contribution in [0, 0.1) is 13.8 Å². The molecule has 0 aliphatic heterocycles. The predicted octanol–water partition coefficient (Wildman–Crippen LogP) is 2.50. The van der Waals surface area contributed by atoms with Gasteiger partial charge in [0.15, 0.2) is 0 Å². The predicted molar refractivity (Wildman–Crippen MR) is 79.6 cm³/mol. The highest BCUT2D eigenvalue weighted by atomic mass is 32.1. The van der Waals surface area contributed by atoms with Gasteiger partial charge in [0.25, 0.3) is 5.56 Å². The third-order valence-corrected chi connectivity index (χ3v) is 4.49. The Morgan fingerprint density at radius 3 is 2.70 bits per heavy atom. The summed E-state index contributed by atoms with van der Waals surface area (Å²) >= 11 is 1.53. The maximum absolute atomic E-state index is 12.6. The van der Waals surface area contributed by atoms with Crippen molar-refractivity contribution in [3.05, 3.63) is 26.6 Å². The molecule has 1 N–H and O–H groups in total. The molecule has 2 aromatic heterocycles. The molecule has 0 aliphatic carbocycles. The Labute approximate surface area is 120 Å². The Kier molecular flexibility index (Phi) is 4.23. The minimum atomic E-state index is -0.905. The molecular formula is C14H18N2O3S. The number of hydrogen-bond donors (Lipinski definition) is 1. The molecule has 20 heavy (non-hydrogen) atoms. The second-order valence-corrected chi connectivity index (χ2v) is 6.05. The normalized spacial score (nSPS) is 11.2. The van der Waals surface area contributed by atoms with Gasteiger partial charge < -0.3 is 5.11 Å². The average molecular weight is 294 g/mol. The van der Waals surface area contributed by atoms with E-state index in [1.165, 1.54) is 15.9 Å². The fraction of sp³-hybridized carbons (Fsp3) is 0.500. The minimum Gasteiger partial charge on any atom is -0.481 e. The molecular weight excluding hydrogens is 276 g/mol. The number of nitrogens with zero attached hydrogens (tertiary/aromatic N) is 2. The maximum atomic E-state index is 12.6. The van der Waals surface area contributed by atoms with Gasteiger partial charge >= 0.3 is 5.97 Å². The Bertz CT molecular complexity index is 715. The van der Waals surface area contributed by atoms with E-state index in [9.17, 15) is 9.59 Å². The van der Waals surface area contributed by atoms with Crippen LogP contribution in [-0.4, -0.2) is 20.6 Å². The van der Waals surface area contributed by atoms with Crippen molar-refractivity contribution >= 4 is 27.5 Å². The molecule has 0 bridgehead atoms. The summed E-state index contributed by atoms with van der Waals surface area (Å²) in [6.07, 6.45) is 1.49. The van der Waals surface area contributed by atoms with E-state index >= 15 is 0 Å². The Morgan fingerprint density at radius 2 is 2.10 bits per heavy atom. The van der Waals surface area contributed by atoms with Crippen LogP contribution < -0.4 is 5.56 Å². The van der Waals surface area contributed by atoms with Crippen molar-refractivity contribution < 1.29 is 9.90 Å². The zero-order valence-corrected chi connectivity index (χ0v) is 12.7. The Hall–Kier alpha value is -1.69. The SMILES string of the molecule is CCCc1nc2sc(C)c(C)c2c(=O)n1CCC(=O)O. The molecule has 2 heterocycles. The monoisotopic (exact) mass is 294 g/mol. The zero-order chi connectivity index (χ0) is 14.9. The quantitative estimate of drug-likeness (QED) is 0.919. The van der Waals surface area contributed by atoms with E-state index in [4.69, 9.17) is 5.11 Å². The molecule has 108 valence electrons. The zero-order valence-electron chi connectivity index (χ0n) is 11.9. The number of aromatic nitrogens is 2. The smallest absolute Gasteiger partial charge is 0.305 e. The maximum Gasteiger partial charge on any atom is 0.305 e. The van der Waals surface area contributed by atoms with E-state index in [-0.39, 0.29) is 18.5 Å². The number of carboxylic acids is 1. The molecule has 0 atom stereocenters. The molecule has 0 saturated heterocycles. The first-order valence-electron chi connectivity index (χ1n) is 6.66. The van der Waals surface area contributed by atoms with Crippen LogP contribution in [0.1, 0.15) is 36.0 Å². The van der Waals surface area contributed by atoms with Gasteiger partial charge in [0.1, 0.15) is 10.7 Å². The molecule has 0 unspecified atom stereocenters. The van der Waals surface area contributed by atoms with E-state index in [1.54, 1.807) is 0 Å². The van der Waals surface area contributed by atoms with Gasteiger partial charge in [-0.1, -0.05) is 6.92 Å². The fourth-order valence-electron chi connectivity index (χ4n) is 2.22. The van der Waals surface area contributed by atoms with Crippen molar-refractivity contribution in [1.29, 1.82) is 0 Å². The van der Waals surface area contributed by atoms with E-state index < -0.39 is 5.97 Å². The summed E-state index contributed by atoms with van der Waals surface area (Å²) in [5, 5.41) is 9.46. The lowest BCUT2D eigenvalue weighted by Gasteiger charge is -2.10. The highest BCUT2D eigenvalue weighted by Gasteiger charge is 2.16. The summed E-state index contributed by atoms with van der Waals surface area (Å²) in [5.74, 6) is -0.217. The first kappa shape index (κ1) is 14.7. The van der Waals surface area contributed by atoms with Gasteiger partial charge in [-0.05, 0) is 25.8 Å². The molecule has 0 aromatic carbocycles. The topological polar surface area (TPSA) is 72.2 Å². The molecule has 0 saturated carbocycles. The van der Waals surface area contributed by atoms with Crippen LogP contribution in [0.5, 0.6) is 0 Å². The highest BCUT2D eigenvalue weighted by molar-refractivity contribution is 7.18. The number of hydrogen-bond acceptors (Lipinski definition) is 4. The van der Waals surface area contributed by atoms with Gasteiger partial charge in [-0.2, -0.15) is 0 Å². The number of rotatable bonds is 5. The second kappa shape index (κ2) is 5.75. The van der Waals surface area contributed by atoms with Gasteiger partial charge in [-0.15, -0.1) is 11.3 Å². The third kappa shape index (κ3) is 2.60. The van der Waals surface area contributed by atoms with Gasteiger partial charge in [-0.3, -0.25) is 14.2 Å². The summed E-state index contributed by atoms with van der Waals surface area (Å²) in [5.41, 5.74) is 0.844. The van der Waals surface area contributed by atoms with Crippen LogP contribution in [0.4, 0.5) is 0 Å². The van der Waals surface area contributed by atoms with Crippen molar-refractivity contribution in [2.45, 2.75) is 46.6 Å². The molecule has 6 heteroatoms. The van der Waals surface area contributed by atoms with Crippen LogP contribution in [0.15, 0.2) is 4.79 Å². The van der Waals surface area contributed by atoms with Crippen molar-refractivity contribution in [3.63, 3.8) is 0 Å². The summed E-state index contributed by atoms with van der Waals surface area (Å²) in [6, 6.07) is 0. The van der Waals surface area contributed by atoms with E-state index in [1.807, 2.05) is 20.8 Å². The number of aliphatic carboxylic acids is 1. The van der Waals surface area contributed by atoms with E-state index in [2.05, 4.69) is 4.98 Å². The minimum absolute atomic E-state index is 0.0635. The van der Waals surface area contributed by atoms with Crippen molar-refractivity contribution in [3.8, 4) is 0 Å². The number of carboxylic acid groups (broad SMARTS) is 1. The third-order valence-electron chi connectivity index (χ3n) is 3.39. The lowest BCUT2D eigenvalue weighted by molar-refractivity contribution is -0.137. The molecule has 0 amide bonds. The Balaban J connectivity index is 2.64. The van der Waals surface area contributed by atoms with Crippen LogP contribution in [0.2, 0.25) is 0 Å². The lowest BCUT2D eigenvalue weighted by atomic mass is 10.2. The van der Waals surface area contributed by atoms with Crippen molar-refractivity contribution in [2.24, 2.45) is 0 Å². The first-order valence-corrected chi connectivity index (χ1v) is 7.48. The highest BCUT2D eigenvalue weighted by Crippen LogP contribution is 2.26. The number of fused-ring (bicyclic) bond motifs is 1. The molecule has 0 spiro atoms. The largest absolute Gasteiger partial charge is 0.481 e. The molecule has 2 aromatic rings. The summed E-state index contributed by atoms with van der Waals surface area (Å²) in [7, 11) is 0. The van der Waals surface area contributed by atoms with Crippen LogP contribution >= 0.6 is 11.3 Å². The summed E-state index contributed by atoms with van der Waals surface area (Å²) in [4.78, 5) is 29.8. The standard InChI is InChI=1S/C14H18N2O3S/c1-4-5-10-15-13-12(8(2)9(3)20-13)14(19)16(10)7-6-11(17)18/h4-7H2,1-3H3,(H,17,18). The second-order valence-electron chi connectivity index (χ2n) is 4.84. The molecule has 2 rings (SSSR count). The Morgan fingerprint density at radius 1 is 1.40 bits per heavy atom. The number of carbonyl (C=O) groups is 1. The van der Waals surface area contributed by atoms with Crippen LogP contribution in [0.25, 0.3) is 10.2 Å². The van der Waals surface area contributed by atoms with Gasteiger partial charge in [0, 0.05) is 17.8 Å². The van der Waals surface area contributed by atoms with Crippen LogP contribution in [-0.2, 0) is 17.8 Å². The first-order chi connectivity index (χ1) is 9.45. The van der Waals surface area contributed by atoms with Crippen molar-refractivity contribution in [2.75, 3.05) is 0 Å². The van der Waals surface area contributed by atoms with Crippen molar-refractivity contribution in [1.82, 2.24) is 9.55 Å². The molecule has 0 radical (unpaired) electrons. The van der Waals surface area contributed by atoms with Gasteiger partial charge in [0.05, 0.1) is 11.8 Å².